The average molecular weight is 288 g/mol. The lowest BCUT2D eigenvalue weighted by molar-refractivity contribution is 0.395. The molecule has 0 unspecified atom stereocenters. The van der Waals surface area contributed by atoms with Crippen molar-refractivity contribution in [3.05, 3.63) is 29.5 Å². The summed E-state index contributed by atoms with van der Waals surface area (Å²) in [6, 6.07) is 5.52. The molecule has 0 radical (unpaired) electrons. The van der Waals surface area contributed by atoms with Crippen molar-refractivity contribution in [1.82, 2.24) is 9.97 Å². The van der Waals surface area contributed by atoms with Gasteiger partial charge in [0.15, 0.2) is 5.82 Å². The van der Waals surface area contributed by atoms with Gasteiger partial charge in [-0.25, -0.2) is 15.8 Å². The highest BCUT2D eigenvalue weighted by molar-refractivity contribution is 5.67. The molecule has 112 valence electrons. The molecule has 0 aliphatic rings. The molecule has 6 heteroatoms. The normalized spacial score (nSPS) is 10.3. The Morgan fingerprint density at radius 1 is 1.19 bits per heavy atom. The SMILES string of the molecule is CCc1c(C)nc(-c2ccc(OC)cc2OC)nc1NN. The first-order chi connectivity index (χ1) is 10.1. The van der Waals surface area contributed by atoms with Crippen LogP contribution >= 0.6 is 0 Å². The Kier molecular flexibility index (Phi) is 4.59. The molecule has 21 heavy (non-hydrogen) atoms. The van der Waals surface area contributed by atoms with Crippen molar-refractivity contribution >= 4 is 5.82 Å². The standard InChI is InChI=1S/C15H20N4O2/c1-5-11-9(2)17-14(18-15(11)19-16)12-7-6-10(20-3)8-13(12)21-4/h6-8H,5,16H2,1-4H3,(H,17,18,19). The number of nitrogens with one attached hydrogen (secondary N) is 1. The number of ether oxygens (including phenoxy) is 2. The molecule has 0 atom stereocenters. The van der Waals surface area contributed by atoms with Crippen LogP contribution in [0.25, 0.3) is 11.4 Å². The fourth-order valence-electron chi connectivity index (χ4n) is 2.24. The van der Waals surface area contributed by atoms with Gasteiger partial charge in [-0.1, -0.05) is 6.92 Å². The van der Waals surface area contributed by atoms with Crippen molar-refractivity contribution in [2.24, 2.45) is 5.84 Å². The highest BCUT2D eigenvalue weighted by atomic mass is 16.5. The van der Waals surface area contributed by atoms with Crippen molar-refractivity contribution in [3.63, 3.8) is 0 Å². The van der Waals surface area contributed by atoms with Gasteiger partial charge in [0.2, 0.25) is 0 Å². The highest BCUT2D eigenvalue weighted by Gasteiger charge is 2.14. The number of methoxy groups -OCH3 is 2. The molecule has 0 amide bonds. The van der Waals surface area contributed by atoms with Crippen LogP contribution in [-0.2, 0) is 6.42 Å². The minimum Gasteiger partial charge on any atom is -0.497 e. The molecule has 0 saturated carbocycles. The lowest BCUT2D eigenvalue weighted by Crippen LogP contribution is -2.13. The third-order valence-electron chi connectivity index (χ3n) is 3.35. The number of nitrogens with zero attached hydrogens (tertiary/aromatic N) is 2. The second kappa shape index (κ2) is 6.41. The molecule has 0 aliphatic heterocycles. The summed E-state index contributed by atoms with van der Waals surface area (Å²) in [4.78, 5) is 9.05. The maximum Gasteiger partial charge on any atom is 0.165 e. The Balaban J connectivity index is 2.59. The molecule has 0 aliphatic carbocycles. The van der Waals surface area contributed by atoms with E-state index in [1.54, 1.807) is 20.3 Å². The maximum atomic E-state index is 5.57. The Labute approximate surface area is 124 Å². The first kappa shape index (κ1) is 15.1. The molecule has 3 N–H and O–H groups in total. The van der Waals surface area contributed by atoms with E-state index in [-0.39, 0.29) is 0 Å². The molecule has 0 fully saturated rings. The van der Waals surface area contributed by atoms with Crippen LogP contribution in [0.3, 0.4) is 0 Å². The van der Waals surface area contributed by atoms with Crippen LogP contribution in [0.15, 0.2) is 18.2 Å². The Morgan fingerprint density at radius 3 is 2.52 bits per heavy atom. The number of hydrogen-bond acceptors (Lipinski definition) is 6. The van der Waals surface area contributed by atoms with Crippen LogP contribution in [0, 0.1) is 6.92 Å². The Bertz CT molecular complexity index is 644. The summed E-state index contributed by atoms with van der Waals surface area (Å²) in [6.07, 6.45) is 0.811. The molecule has 6 nitrogen and oxygen atoms in total. The van der Waals surface area contributed by atoms with Gasteiger partial charge in [0, 0.05) is 17.3 Å². The maximum absolute atomic E-state index is 5.57. The number of anilines is 1. The summed E-state index contributed by atoms with van der Waals surface area (Å²) in [5.74, 6) is 8.14. The first-order valence-corrected chi connectivity index (χ1v) is 6.71. The van der Waals surface area contributed by atoms with Gasteiger partial charge in [-0.3, -0.25) is 0 Å². The van der Waals surface area contributed by atoms with Crippen molar-refractivity contribution in [1.29, 1.82) is 0 Å². The van der Waals surface area contributed by atoms with Crippen molar-refractivity contribution in [2.75, 3.05) is 19.6 Å². The van der Waals surface area contributed by atoms with Crippen LogP contribution in [0.5, 0.6) is 11.5 Å². The molecule has 2 rings (SSSR count). The second-order valence-electron chi connectivity index (χ2n) is 4.52. The van der Waals surface area contributed by atoms with E-state index in [1.165, 1.54) is 0 Å². The minimum atomic E-state index is 0.567. The topological polar surface area (TPSA) is 82.3 Å². The molecule has 1 heterocycles. The molecule has 2 aromatic rings. The third kappa shape index (κ3) is 2.90. The van der Waals surface area contributed by atoms with E-state index in [4.69, 9.17) is 15.3 Å². The van der Waals surface area contributed by atoms with Crippen LogP contribution in [-0.4, -0.2) is 24.2 Å². The van der Waals surface area contributed by atoms with E-state index in [1.807, 2.05) is 26.0 Å². The summed E-state index contributed by atoms with van der Waals surface area (Å²) < 4.78 is 10.6. The van der Waals surface area contributed by atoms with Crippen LogP contribution in [0.4, 0.5) is 5.82 Å². The van der Waals surface area contributed by atoms with Gasteiger partial charge >= 0.3 is 0 Å². The number of nitrogen functional groups attached to an aromatic ring is 1. The fraction of sp³-hybridized carbons (Fsp3) is 0.333. The number of rotatable bonds is 5. The lowest BCUT2D eigenvalue weighted by Gasteiger charge is -2.13. The van der Waals surface area contributed by atoms with Gasteiger partial charge in [-0.2, -0.15) is 0 Å². The number of nitrogens with two attached hydrogens (primary N) is 1. The van der Waals surface area contributed by atoms with Gasteiger partial charge < -0.3 is 14.9 Å². The summed E-state index contributed by atoms with van der Waals surface area (Å²) in [6.45, 7) is 3.99. The van der Waals surface area contributed by atoms with E-state index in [9.17, 15) is 0 Å². The van der Waals surface area contributed by atoms with Gasteiger partial charge in [-0.15, -0.1) is 0 Å². The zero-order valence-electron chi connectivity index (χ0n) is 12.7. The zero-order chi connectivity index (χ0) is 15.4. The van der Waals surface area contributed by atoms with E-state index in [2.05, 4.69) is 15.4 Å². The predicted molar refractivity (Wildman–Crippen MR) is 82.5 cm³/mol. The molecule has 1 aromatic carbocycles. The fourth-order valence-corrected chi connectivity index (χ4v) is 2.24. The van der Waals surface area contributed by atoms with Crippen molar-refractivity contribution in [2.45, 2.75) is 20.3 Å². The summed E-state index contributed by atoms with van der Waals surface area (Å²) in [7, 11) is 3.22. The number of hydrazine groups is 1. The Morgan fingerprint density at radius 2 is 1.95 bits per heavy atom. The largest absolute Gasteiger partial charge is 0.497 e. The molecular weight excluding hydrogens is 268 g/mol. The van der Waals surface area contributed by atoms with Gasteiger partial charge in [-0.05, 0) is 25.5 Å². The Hall–Kier alpha value is -2.34. The highest BCUT2D eigenvalue weighted by Crippen LogP contribution is 2.32. The summed E-state index contributed by atoms with van der Waals surface area (Å²) in [5, 5.41) is 0. The molecule has 0 bridgehead atoms. The van der Waals surface area contributed by atoms with Gasteiger partial charge in [0.05, 0.1) is 19.8 Å². The van der Waals surface area contributed by atoms with Crippen LogP contribution in [0.2, 0.25) is 0 Å². The van der Waals surface area contributed by atoms with Gasteiger partial charge in [0.25, 0.3) is 0 Å². The average Bonchev–Trinajstić information content (AvgIpc) is 2.53. The minimum absolute atomic E-state index is 0.567. The van der Waals surface area contributed by atoms with E-state index < -0.39 is 0 Å². The third-order valence-corrected chi connectivity index (χ3v) is 3.35. The molecule has 1 aromatic heterocycles. The zero-order valence-corrected chi connectivity index (χ0v) is 12.7. The summed E-state index contributed by atoms with van der Waals surface area (Å²) >= 11 is 0. The number of hydrogen-bond donors (Lipinski definition) is 2. The molecular formula is C15H20N4O2. The first-order valence-electron chi connectivity index (χ1n) is 6.71. The monoisotopic (exact) mass is 288 g/mol. The van der Waals surface area contributed by atoms with E-state index in [0.717, 1.165) is 29.0 Å². The van der Waals surface area contributed by atoms with Crippen molar-refractivity contribution in [3.8, 4) is 22.9 Å². The van der Waals surface area contributed by atoms with E-state index >= 15 is 0 Å². The second-order valence-corrected chi connectivity index (χ2v) is 4.52. The number of benzene rings is 1. The van der Waals surface area contributed by atoms with E-state index in [0.29, 0.717) is 17.4 Å². The predicted octanol–water partition coefficient (Wildman–Crippen LogP) is 2.32. The van der Waals surface area contributed by atoms with Gasteiger partial charge in [0.1, 0.15) is 17.3 Å². The van der Waals surface area contributed by atoms with Crippen molar-refractivity contribution < 1.29 is 9.47 Å². The van der Waals surface area contributed by atoms with Crippen LogP contribution < -0.4 is 20.7 Å². The lowest BCUT2D eigenvalue weighted by atomic mass is 10.1. The summed E-state index contributed by atoms with van der Waals surface area (Å²) in [5.41, 5.74) is 5.34. The number of aromatic nitrogens is 2. The molecule has 0 saturated heterocycles. The van der Waals surface area contributed by atoms with Crippen LogP contribution in [0.1, 0.15) is 18.2 Å². The smallest absolute Gasteiger partial charge is 0.165 e. The molecule has 0 spiro atoms. The number of aryl methyl sites for hydroxylation is 1. The quantitative estimate of drug-likeness (QED) is 0.649.